The van der Waals surface area contributed by atoms with Crippen LogP contribution in [0.15, 0.2) is 206 Å². The summed E-state index contributed by atoms with van der Waals surface area (Å²) in [6.07, 6.45) is 0. The Hall–Kier alpha value is -7.28. The Morgan fingerprint density at radius 3 is 0.911 bits per heavy atom. The zero-order valence-electron chi connectivity index (χ0n) is 30.6. The second-order valence-electron chi connectivity index (χ2n) is 15.3. The van der Waals surface area contributed by atoms with Gasteiger partial charge in [0.15, 0.2) is 0 Å². The molecule has 0 heteroatoms. The van der Waals surface area contributed by atoms with Crippen LogP contribution in [0, 0.1) is 0 Å². The maximum Gasteiger partial charge on any atom is -0.00928 e. The quantitative estimate of drug-likeness (QED) is 0.160. The second-order valence-corrected chi connectivity index (χ2v) is 15.3. The molecule has 0 fully saturated rings. The molecule has 0 aliphatic heterocycles. The van der Waals surface area contributed by atoms with Crippen molar-refractivity contribution in [3.8, 4) is 33.4 Å². The molecule has 0 saturated heterocycles. The SMILES string of the molecule is c1ccc2c(c1)ccc1c3cc(-c4ccc5cc(-c6ccc7cc(-c8ccc9c%10ccccc%10c%10ccccc%10c9c8)ccc7c6)ccc5c4)ccc3ccc21. The first-order valence-electron chi connectivity index (χ1n) is 19.5. The summed E-state index contributed by atoms with van der Waals surface area (Å²) < 4.78 is 0. The van der Waals surface area contributed by atoms with Gasteiger partial charge in [0.25, 0.3) is 0 Å². The number of benzene rings is 12. The van der Waals surface area contributed by atoms with Crippen molar-refractivity contribution in [2.45, 2.75) is 0 Å². The summed E-state index contributed by atoms with van der Waals surface area (Å²) in [5, 5.41) is 20.6. The maximum absolute atomic E-state index is 2.38. The molecule has 0 spiro atoms. The highest BCUT2D eigenvalue weighted by atomic mass is 14.2. The van der Waals surface area contributed by atoms with Gasteiger partial charge >= 0.3 is 0 Å². The Morgan fingerprint density at radius 2 is 0.411 bits per heavy atom. The molecule has 0 atom stereocenters. The molecule has 0 saturated carbocycles. The van der Waals surface area contributed by atoms with Gasteiger partial charge in [-0.05, 0) is 156 Å². The third-order valence-electron chi connectivity index (χ3n) is 12.2. The van der Waals surface area contributed by atoms with Crippen molar-refractivity contribution in [2.24, 2.45) is 0 Å². The fourth-order valence-electron chi connectivity index (χ4n) is 9.29. The van der Waals surface area contributed by atoms with Crippen LogP contribution in [-0.2, 0) is 0 Å². The Bertz CT molecular complexity index is 3550. The summed E-state index contributed by atoms with van der Waals surface area (Å²) >= 11 is 0. The largest absolute Gasteiger partial charge is 0.0616 e. The van der Waals surface area contributed by atoms with E-state index in [9.17, 15) is 0 Å². The first-order valence-corrected chi connectivity index (χ1v) is 19.5. The summed E-state index contributed by atoms with van der Waals surface area (Å²) in [5.74, 6) is 0. The monoisotopic (exact) mass is 706 g/mol. The summed E-state index contributed by atoms with van der Waals surface area (Å²) in [4.78, 5) is 0. The molecule has 0 aliphatic rings. The Kier molecular flexibility index (Phi) is 6.73. The molecule has 12 rings (SSSR count). The van der Waals surface area contributed by atoms with E-state index >= 15 is 0 Å². The first-order chi connectivity index (χ1) is 27.7. The highest BCUT2D eigenvalue weighted by molar-refractivity contribution is 6.26. The molecule has 0 radical (unpaired) electrons. The predicted molar refractivity (Wildman–Crippen MR) is 243 cm³/mol. The lowest BCUT2D eigenvalue weighted by molar-refractivity contribution is 1.65. The van der Waals surface area contributed by atoms with Crippen LogP contribution in [0.1, 0.15) is 0 Å². The van der Waals surface area contributed by atoms with Crippen LogP contribution < -0.4 is 0 Å². The van der Waals surface area contributed by atoms with Crippen LogP contribution >= 0.6 is 0 Å². The highest BCUT2D eigenvalue weighted by Gasteiger charge is 2.12. The molecule has 0 N–H and O–H groups in total. The van der Waals surface area contributed by atoms with Crippen molar-refractivity contribution < 1.29 is 0 Å². The molecule has 258 valence electrons. The lowest BCUT2D eigenvalue weighted by Gasteiger charge is -2.13. The summed E-state index contributed by atoms with van der Waals surface area (Å²) in [7, 11) is 0. The lowest BCUT2D eigenvalue weighted by Crippen LogP contribution is -1.86. The predicted octanol–water partition coefficient (Wildman–Crippen LogP) is 15.9. The summed E-state index contributed by atoms with van der Waals surface area (Å²) in [6.45, 7) is 0. The van der Waals surface area contributed by atoms with E-state index in [2.05, 4.69) is 206 Å². The van der Waals surface area contributed by atoms with Crippen LogP contribution in [-0.4, -0.2) is 0 Å². The third kappa shape index (κ3) is 4.86. The van der Waals surface area contributed by atoms with Crippen molar-refractivity contribution in [3.63, 3.8) is 0 Å². The van der Waals surface area contributed by atoms with Gasteiger partial charge in [0.05, 0.1) is 0 Å². The molecule has 0 heterocycles. The Labute approximate surface area is 324 Å². The molecule has 0 aromatic heterocycles. The van der Waals surface area contributed by atoms with Gasteiger partial charge in [0.2, 0.25) is 0 Å². The number of rotatable bonds is 3. The van der Waals surface area contributed by atoms with E-state index in [1.165, 1.54) is 120 Å². The molecule has 0 amide bonds. The summed E-state index contributed by atoms with van der Waals surface area (Å²) in [6, 6.07) is 76.7. The Balaban J connectivity index is 0.875. The average molecular weight is 707 g/mol. The van der Waals surface area contributed by atoms with E-state index < -0.39 is 0 Å². The van der Waals surface area contributed by atoms with E-state index in [-0.39, 0.29) is 0 Å². The minimum absolute atomic E-state index is 1.23. The molecule has 0 nitrogen and oxygen atoms in total. The van der Waals surface area contributed by atoms with Crippen molar-refractivity contribution >= 4 is 86.2 Å². The van der Waals surface area contributed by atoms with Gasteiger partial charge in [-0.2, -0.15) is 0 Å². The molecular weight excluding hydrogens is 673 g/mol. The molecule has 0 unspecified atom stereocenters. The number of hydrogen-bond donors (Lipinski definition) is 0. The fourth-order valence-corrected chi connectivity index (χ4v) is 9.29. The minimum Gasteiger partial charge on any atom is -0.0616 e. The van der Waals surface area contributed by atoms with Crippen LogP contribution in [0.5, 0.6) is 0 Å². The fraction of sp³-hybridized carbons (Fsp3) is 0. The van der Waals surface area contributed by atoms with Crippen molar-refractivity contribution in [1.29, 1.82) is 0 Å². The van der Waals surface area contributed by atoms with E-state index in [0.29, 0.717) is 0 Å². The van der Waals surface area contributed by atoms with Gasteiger partial charge in [0.1, 0.15) is 0 Å². The maximum atomic E-state index is 2.38. The standard InChI is InChI=1S/C56H34/c1-2-8-47-35(7-1)23-27-53-52(47)26-24-36-13-14-45(33-55(36)53)43-21-19-39-29-37(15-17-41(39)31-43)38-16-18-42-32-44(22-20-40(42)30-38)46-25-28-54-50-11-4-3-9-48(50)49-10-5-6-12-51(49)56(54)34-46/h1-34H. The Morgan fingerprint density at radius 1 is 0.143 bits per heavy atom. The van der Waals surface area contributed by atoms with Gasteiger partial charge < -0.3 is 0 Å². The number of fused-ring (bicyclic) bond motifs is 13. The van der Waals surface area contributed by atoms with E-state index in [1.54, 1.807) is 0 Å². The third-order valence-corrected chi connectivity index (χ3v) is 12.2. The van der Waals surface area contributed by atoms with E-state index in [4.69, 9.17) is 0 Å². The lowest BCUT2D eigenvalue weighted by atomic mass is 9.91. The zero-order chi connectivity index (χ0) is 36.7. The molecule has 0 bridgehead atoms. The van der Waals surface area contributed by atoms with Gasteiger partial charge in [0, 0.05) is 0 Å². The van der Waals surface area contributed by atoms with Crippen LogP contribution in [0.25, 0.3) is 120 Å². The second kappa shape index (κ2) is 12.1. The van der Waals surface area contributed by atoms with Gasteiger partial charge in [-0.1, -0.05) is 170 Å². The first kappa shape index (κ1) is 31.1. The highest BCUT2D eigenvalue weighted by Crippen LogP contribution is 2.39. The number of hydrogen-bond acceptors (Lipinski definition) is 0. The minimum atomic E-state index is 1.23. The van der Waals surface area contributed by atoms with Crippen LogP contribution in [0.4, 0.5) is 0 Å². The summed E-state index contributed by atoms with van der Waals surface area (Å²) in [5.41, 5.74) is 7.41. The van der Waals surface area contributed by atoms with Gasteiger partial charge in [-0.15, -0.1) is 0 Å². The molecule has 56 heavy (non-hydrogen) atoms. The zero-order valence-corrected chi connectivity index (χ0v) is 30.6. The van der Waals surface area contributed by atoms with Crippen molar-refractivity contribution in [2.75, 3.05) is 0 Å². The topological polar surface area (TPSA) is 0 Å². The van der Waals surface area contributed by atoms with E-state index in [1.807, 2.05) is 0 Å². The molecule has 12 aromatic carbocycles. The van der Waals surface area contributed by atoms with Gasteiger partial charge in [-0.25, -0.2) is 0 Å². The van der Waals surface area contributed by atoms with Crippen LogP contribution in [0.2, 0.25) is 0 Å². The van der Waals surface area contributed by atoms with E-state index in [0.717, 1.165) is 0 Å². The normalized spacial score (nSPS) is 11.9. The molecule has 12 aromatic rings. The van der Waals surface area contributed by atoms with Crippen molar-refractivity contribution in [1.82, 2.24) is 0 Å². The van der Waals surface area contributed by atoms with Gasteiger partial charge in [-0.3, -0.25) is 0 Å². The van der Waals surface area contributed by atoms with Crippen molar-refractivity contribution in [3.05, 3.63) is 206 Å². The smallest absolute Gasteiger partial charge is 0.00928 e. The molecular formula is C56H34. The average Bonchev–Trinajstić information content (AvgIpc) is 3.27. The van der Waals surface area contributed by atoms with Crippen LogP contribution in [0.3, 0.4) is 0 Å². The molecule has 0 aliphatic carbocycles.